The Kier molecular flexibility index (Phi) is 6.21. The highest BCUT2D eigenvalue weighted by Gasteiger charge is 2.20. The molecular weight excluding hydrogens is 162 g/mol. The van der Waals surface area contributed by atoms with Gasteiger partial charge in [-0.3, -0.25) is 0 Å². The number of ether oxygens (including phenoxy) is 1. The van der Waals surface area contributed by atoms with Crippen molar-refractivity contribution in [3.05, 3.63) is 0 Å². The lowest BCUT2D eigenvalue weighted by molar-refractivity contribution is 0.124. The van der Waals surface area contributed by atoms with E-state index in [1.54, 1.807) is 0 Å². The Hall–Kier alpha value is -0.0800. The normalized spacial score (nSPS) is 16.4. The standard InChI is InChI=1S/C11H23NO/c1-2-12-8-3-4-9-13-10-7-11-5-6-11/h11-12H,2-10H2,1H3. The minimum absolute atomic E-state index is 0.956. The average Bonchev–Trinajstić information content (AvgIpc) is 2.93. The Morgan fingerprint density at radius 1 is 1.23 bits per heavy atom. The van der Waals surface area contributed by atoms with E-state index in [4.69, 9.17) is 4.74 Å². The van der Waals surface area contributed by atoms with Crippen molar-refractivity contribution in [3.63, 3.8) is 0 Å². The molecule has 1 aliphatic rings. The molecule has 2 heteroatoms. The second-order valence-electron chi connectivity index (χ2n) is 3.91. The Labute approximate surface area is 82.0 Å². The summed E-state index contributed by atoms with van der Waals surface area (Å²) in [5, 5.41) is 3.31. The molecule has 1 saturated carbocycles. The van der Waals surface area contributed by atoms with E-state index in [2.05, 4.69) is 12.2 Å². The zero-order valence-electron chi connectivity index (χ0n) is 8.85. The van der Waals surface area contributed by atoms with E-state index >= 15 is 0 Å². The zero-order chi connectivity index (χ0) is 9.36. The van der Waals surface area contributed by atoms with Gasteiger partial charge in [-0.25, -0.2) is 0 Å². The molecule has 1 aliphatic carbocycles. The van der Waals surface area contributed by atoms with E-state index in [0.717, 1.165) is 32.2 Å². The van der Waals surface area contributed by atoms with Gasteiger partial charge in [0, 0.05) is 13.2 Å². The highest BCUT2D eigenvalue weighted by Crippen LogP contribution is 2.32. The Morgan fingerprint density at radius 3 is 2.77 bits per heavy atom. The summed E-state index contributed by atoms with van der Waals surface area (Å²) in [5.41, 5.74) is 0. The van der Waals surface area contributed by atoms with E-state index < -0.39 is 0 Å². The fourth-order valence-electron chi connectivity index (χ4n) is 1.39. The molecule has 0 spiro atoms. The summed E-state index contributed by atoms with van der Waals surface area (Å²) in [6.45, 7) is 6.32. The average molecular weight is 185 g/mol. The third kappa shape index (κ3) is 7.03. The van der Waals surface area contributed by atoms with Gasteiger partial charge in [0.15, 0.2) is 0 Å². The third-order valence-electron chi connectivity index (χ3n) is 2.51. The van der Waals surface area contributed by atoms with Gasteiger partial charge in [0.2, 0.25) is 0 Å². The molecule has 1 rings (SSSR count). The van der Waals surface area contributed by atoms with Gasteiger partial charge in [-0.05, 0) is 38.3 Å². The van der Waals surface area contributed by atoms with Crippen LogP contribution in [0.1, 0.15) is 39.0 Å². The monoisotopic (exact) mass is 185 g/mol. The summed E-state index contributed by atoms with van der Waals surface area (Å²) in [6.07, 6.45) is 6.65. The topological polar surface area (TPSA) is 21.3 Å². The predicted molar refractivity (Wildman–Crippen MR) is 55.9 cm³/mol. The smallest absolute Gasteiger partial charge is 0.0468 e. The molecule has 13 heavy (non-hydrogen) atoms. The van der Waals surface area contributed by atoms with E-state index in [0.29, 0.717) is 0 Å². The SMILES string of the molecule is CCNCCCCOCCC1CC1. The van der Waals surface area contributed by atoms with Crippen molar-refractivity contribution >= 4 is 0 Å². The van der Waals surface area contributed by atoms with E-state index in [-0.39, 0.29) is 0 Å². The Balaban J connectivity index is 1.63. The molecule has 0 bridgehead atoms. The molecule has 0 radical (unpaired) electrons. The lowest BCUT2D eigenvalue weighted by atomic mass is 10.3. The van der Waals surface area contributed by atoms with Crippen LogP contribution >= 0.6 is 0 Å². The first kappa shape index (κ1) is 11.0. The summed E-state index contributed by atoms with van der Waals surface area (Å²) >= 11 is 0. The molecule has 0 aromatic carbocycles. The quantitative estimate of drug-likeness (QED) is 0.556. The lowest BCUT2D eigenvalue weighted by Crippen LogP contribution is -2.14. The van der Waals surface area contributed by atoms with E-state index in [1.165, 1.54) is 32.1 Å². The maximum atomic E-state index is 5.54. The van der Waals surface area contributed by atoms with Gasteiger partial charge in [-0.1, -0.05) is 19.8 Å². The number of hydrogen-bond acceptors (Lipinski definition) is 2. The first-order chi connectivity index (χ1) is 6.43. The number of nitrogens with one attached hydrogen (secondary N) is 1. The van der Waals surface area contributed by atoms with Gasteiger partial charge in [-0.15, -0.1) is 0 Å². The van der Waals surface area contributed by atoms with Gasteiger partial charge in [0.1, 0.15) is 0 Å². The molecule has 0 amide bonds. The highest BCUT2D eigenvalue weighted by molar-refractivity contribution is 4.72. The molecule has 0 atom stereocenters. The molecule has 1 N–H and O–H groups in total. The lowest BCUT2D eigenvalue weighted by Gasteiger charge is -2.03. The van der Waals surface area contributed by atoms with Crippen molar-refractivity contribution in [1.82, 2.24) is 5.32 Å². The summed E-state index contributed by atoms with van der Waals surface area (Å²) in [5.74, 6) is 1.02. The van der Waals surface area contributed by atoms with Gasteiger partial charge in [0.25, 0.3) is 0 Å². The van der Waals surface area contributed by atoms with Crippen LogP contribution in [0, 0.1) is 5.92 Å². The minimum Gasteiger partial charge on any atom is -0.381 e. The minimum atomic E-state index is 0.956. The van der Waals surface area contributed by atoms with Crippen molar-refractivity contribution in [2.45, 2.75) is 39.0 Å². The van der Waals surface area contributed by atoms with Crippen LogP contribution < -0.4 is 5.32 Å². The molecule has 0 aliphatic heterocycles. The first-order valence-corrected chi connectivity index (χ1v) is 5.72. The summed E-state index contributed by atoms with van der Waals surface area (Å²) < 4.78 is 5.54. The molecule has 78 valence electrons. The van der Waals surface area contributed by atoms with Crippen molar-refractivity contribution in [3.8, 4) is 0 Å². The maximum Gasteiger partial charge on any atom is 0.0468 e. The zero-order valence-corrected chi connectivity index (χ0v) is 8.85. The van der Waals surface area contributed by atoms with Gasteiger partial charge in [-0.2, -0.15) is 0 Å². The molecule has 2 nitrogen and oxygen atoms in total. The van der Waals surface area contributed by atoms with Crippen LogP contribution in [0.25, 0.3) is 0 Å². The van der Waals surface area contributed by atoms with Crippen LogP contribution in [0.15, 0.2) is 0 Å². The second kappa shape index (κ2) is 7.34. The maximum absolute atomic E-state index is 5.54. The van der Waals surface area contributed by atoms with Crippen molar-refractivity contribution in [1.29, 1.82) is 0 Å². The van der Waals surface area contributed by atoms with E-state index in [9.17, 15) is 0 Å². The van der Waals surface area contributed by atoms with Crippen LogP contribution in [0.3, 0.4) is 0 Å². The fraction of sp³-hybridized carbons (Fsp3) is 1.00. The van der Waals surface area contributed by atoms with Crippen LogP contribution in [-0.2, 0) is 4.74 Å². The van der Waals surface area contributed by atoms with Gasteiger partial charge in [0.05, 0.1) is 0 Å². The number of unbranched alkanes of at least 4 members (excludes halogenated alkanes) is 1. The van der Waals surface area contributed by atoms with Crippen LogP contribution in [0.2, 0.25) is 0 Å². The van der Waals surface area contributed by atoms with Gasteiger partial charge < -0.3 is 10.1 Å². The molecule has 0 aromatic heterocycles. The van der Waals surface area contributed by atoms with Crippen molar-refractivity contribution in [2.24, 2.45) is 5.92 Å². The number of rotatable bonds is 9. The fourth-order valence-corrected chi connectivity index (χ4v) is 1.39. The molecule has 0 saturated heterocycles. The summed E-state index contributed by atoms with van der Waals surface area (Å²) in [4.78, 5) is 0. The van der Waals surface area contributed by atoms with Crippen LogP contribution in [0.4, 0.5) is 0 Å². The van der Waals surface area contributed by atoms with Crippen molar-refractivity contribution < 1.29 is 4.74 Å². The number of hydrogen-bond donors (Lipinski definition) is 1. The molecule has 0 heterocycles. The molecule has 0 unspecified atom stereocenters. The third-order valence-corrected chi connectivity index (χ3v) is 2.51. The van der Waals surface area contributed by atoms with Crippen molar-refractivity contribution in [2.75, 3.05) is 26.3 Å². The molecule has 1 fully saturated rings. The van der Waals surface area contributed by atoms with Crippen LogP contribution in [0.5, 0.6) is 0 Å². The van der Waals surface area contributed by atoms with Gasteiger partial charge >= 0.3 is 0 Å². The second-order valence-corrected chi connectivity index (χ2v) is 3.91. The molecule has 0 aromatic rings. The van der Waals surface area contributed by atoms with E-state index in [1.807, 2.05) is 0 Å². The summed E-state index contributed by atoms with van der Waals surface area (Å²) in [6, 6.07) is 0. The Morgan fingerprint density at radius 2 is 2.08 bits per heavy atom. The first-order valence-electron chi connectivity index (χ1n) is 5.72. The Bertz CT molecular complexity index is 113. The highest BCUT2D eigenvalue weighted by atomic mass is 16.5. The molecular formula is C11H23NO. The largest absolute Gasteiger partial charge is 0.381 e. The van der Waals surface area contributed by atoms with Crippen LogP contribution in [-0.4, -0.2) is 26.3 Å². The predicted octanol–water partition coefficient (Wildman–Crippen LogP) is 2.19. The summed E-state index contributed by atoms with van der Waals surface area (Å²) in [7, 11) is 0.